The molecule has 0 N–H and O–H groups in total. The summed E-state index contributed by atoms with van der Waals surface area (Å²) >= 11 is 0. The lowest BCUT2D eigenvalue weighted by molar-refractivity contribution is 0.121. The van der Waals surface area contributed by atoms with Gasteiger partial charge in [0.1, 0.15) is 0 Å². The molecule has 0 radical (unpaired) electrons. The van der Waals surface area contributed by atoms with Crippen molar-refractivity contribution in [2.75, 3.05) is 77.7 Å². The van der Waals surface area contributed by atoms with E-state index in [9.17, 15) is 0 Å². The molecule has 0 atom stereocenters. The number of methoxy groups -OCH3 is 1. The Kier molecular flexibility index (Phi) is 22.4. The van der Waals surface area contributed by atoms with Crippen LogP contribution in [0, 0.1) is 0 Å². The monoisotopic (exact) mass is 844 g/mol. The highest BCUT2D eigenvalue weighted by Crippen LogP contribution is 2.37. The fraction of sp³-hybridized carbons (Fsp3) is 1.00. The summed E-state index contributed by atoms with van der Waals surface area (Å²) in [5.74, 6) is 0. The van der Waals surface area contributed by atoms with Crippen molar-refractivity contribution in [1.29, 1.82) is 0 Å². The zero-order chi connectivity index (χ0) is 38.3. The maximum absolute atomic E-state index is 7.37. The van der Waals surface area contributed by atoms with E-state index in [-0.39, 0.29) is 0 Å². The standard InChI is InChI=1S/C27H72O14Si8/c1-28-20-19-21-42(11,12)38-49(39-43(13,14)22-25-46(29-2,30-3)31-4,40-44(15,16)23-26-47(32-5,33-6)34-7)41-45(17,18)24-27-48(35-8,36-9)37-10/h19-27H2,1-18H3. The summed E-state index contributed by atoms with van der Waals surface area (Å²) in [7, 11) is -6.36. The van der Waals surface area contributed by atoms with Crippen molar-refractivity contribution >= 4 is 68.7 Å². The molecule has 0 rings (SSSR count). The topological polar surface area (TPSA) is 129 Å². The minimum atomic E-state index is -3.89. The second kappa shape index (κ2) is 21.9. The van der Waals surface area contributed by atoms with Crippen LogP contribution in [0.1, 0.15) is 6.42 Å². The van der Waals surface area contributed by atoms with E-state index in [0.29, 0.717) is 42.9 Å². The molecule has 14 nitrogen and oxygen atoms in total. The van der Waals surface area contributed by atoms with E-state index in [1.54, 1.807) is 71.1 Å². The van der Waals surface area contributed by atoms with Crippen LogP contribution in [0.3, 0.4) is 0 Å². The predicted molar refractivity (Wildman–Crippen MR) is 211 cm³/mol. The Morgan fingerprint density at radius 3 is 0.735 bits per heavy atom. The molecule has 22 heteroatoms. The molecule has 0 aliphatic carbocycles. The third-order valence-electron chi connectivity index (χ3n) is 8.63. The summed E-state index contributed by atoms with van der Waals surface area (Å²) in [6, 6.07) is 4.68. The van der Waals surface area contributed by atoms with E-state index in [1.807, 2.05) is 0 Å². The van der Waals surface area contributed by atoms with Gasteiger partial charge in [-0.05, 0) is 83.0 Å². The van der Waals surface area contributed by atoms with E-state index in [4.69, 9.17) is 61.0 Å². The average molecular weight is 846 g/mol. The molecule has 0 saturated carbocycles. The van der Waals surface area contributed by atoms with Gasteiger partial charge in [0.25, 0.3) is 0 Å². The van der Waals surface area contributed by atoms with Crippen molar-refractivity contribution in [3.05, 3.63) is 0 Å². The average Bonchev–Trinajstić information content (AvgIpc) is 3.03. The molecule has 296 valence electrons. The zero-order valence-corrected chi connectivity index (χ0v) is 42.1. The zero-order valence-electron chi connectivity index (χ0n) is 34.1. The number of ether oxygens (including phenoxy) is 1. The molecular formula is C27H72O14Si8. The first kappa shape index (κ1) is 50.2. The van der Waals surface area contributed by atoms with E-state index in [2.05, 4.69) is 52.4 Å². The molecule has 0 fully saturated rings. The van der Waals surface area contributed by atoms with Crippen LogP contribution in [-0.2, 0) is 61.0 Å². The van der Waals surface area contributed by atoms with Crippen molar-refractivity contribution in [3.63, 3.8) is 0 Å². The fourth-order valence-corrected chi connectivity index (χ4v) is 36.3. The summed E-state index contributed by atoms with van der Waals surface area (Å²) in [4.78, 5) is 0. The maximum Gasteiger partial charge on any atom is 0.636 e. The Balaban J connectivity index is 7.13. The summed E-state index contributed by atoms with van der Waals surface area (Å²) in [5.41, 5.74) is 0. The van der Waals surface area contributed by atoms with Gasteiger partial charge >= 0.3 is 35.5 Å². The van der Waals surface area contributed by atoms with Crippen LogP contribution >= 0.6 is 0 Å². The highest BCUT2D eigenvalue weighted by Gasteiger charge is 2.59. The lowest BCUT2D eigenvalue weighted by atomic mass is 10.5. The van der Waals surface area contributed by atoms with Gasteiger partial charge < -0.3 is 61.0 Å². The van der Waals surface area contributed by atoms with Gasteiger partial charge in [-0.25, -0.2) is 0 Å². The lowest BCUT2D eigenvalue weighted by Gasteiger charge is -2.46. The van der Waals surface area contributed by atoms with Crippen LogP contribution < -0.4 is 0 Å². The number of rotatable bonds is 30. The SMILES string of the molecule is COCCC[Si](C)(C)O[Si](O[Si](C)(C)CC[Si](OC)(OC)OC)(O[Si](C)(C)CC[Si](OC)(OC)OC)O[Si](C)(C)CC[Si](OC)(OC)OC. The molecule has 0 aliphatic rings. The molecule has 0 aromatic rings. The van der Waals surface area contributed by atoms with Crippen LogP contribution in [0.15, 0.2) is 0 Å². The molecule has 0 heterocycles. The van der Waals surface area contributed by atoms with Gasteiger partial charge in [-0.2, -0.15) is 0 Å². The lowest BCUT2D eigenvalue weighted by Crippen LogP contribution is -2.67. The second-order valence-corrected chi connectivity index (χ2v) is 44.0. The van der Waals surface area contributed by atoms with Crippen LogP contribution in [0.2, 0.25) is 94.7 Å². The van der Waals surface area contributed by atoms with Crippen LogP contribution in [-0.4, -0.2) is 146 Å². The largest absolute Gasteiger partial charge is 0.636 e. The second-order valence-electron chi connectivity index (χ2n) is 14.4. The van der Waals surface area contributed by atoms with Gasteiger partial charge in [0.15, 0.2) is 33.3 Å². The molecule has 0 aromatic carbocycles. The molecule has 0 aromatic heterocycles. The summed E-state index contributed by atoms with van der Waals surface area (Å²) in [6.07, 6.45) is 0.861. The van der Waals surface area contributed by atoms with Gasteiger partial charge in [0, 0.05) is 95.8 Å². The normalized spacial score (nSPS) is 14.6. The Morgan fingerprint density at radius 2 is 0.531 bits per heavy atom. The highest BCUT2D eigenvalue weighted by molar-refractivity contribution is 6.92. The highest BCUT2D eigenvalue weighted by atomic mass is 28.5. The van der Waals surface area contributed by atoms with Gasteiger partial charge in [-0.1, -0.05) is 0 Å². The third-order valence-corrected chi connectivity index (χ3v) is 37.1. The Labute approximate surface area is 307 Å². The van der Waals surface area contributed by atoms with Gasteiger partial charge in [0.2, 0.25) is 0 Å². The minimum absolute atomic E-state index is 0.587. The first-order valence-corrected chi connectivity index (χ1v) is 36.7. The summed E-state index contributed by atoms with van der Waals surface area (Å²) < 4.78 is 86.8. The molecule has 0 bridgehead atoms. The molecular weight excluding hydrogens is 773 g/mol. The predicted octanol–water partition coefficient (Wildman–Crippen LogP) is 5.98. The van der Waals surface area contributed by atoms with E-state index in [1.165, 1.54) is 0 Å². The van der Waals surface area contributed by atoms with Gasteiger partial charge in [0.05, 0.1) is 0 Å². The fourth-order valence-electron chi connectivity index (χ4n) is 5.36. The Morgan fingerprint density at radius 1 is 0.306 bits per heavy atom. The molecule has 0 unspecified atom stereocenters. The first-order chi connectivity index (χ1) is 22.6. The van der Waals surface area contributed by atoms with Crippen molar-refractivity contribution in [3.8, 4) is 0 Å². The van der Waals surface area contributed by atoms with Crippen LogP contribution in [0.25, 0.3) is 0 Å². The maximum atomic E-state index is 7.37. The third kappa shape index (κ3) is 17.5. The van der Waals surface area contributed by atoms with E-state index in [0.717, 1.165) is 12.5 Å². The van der Waals surface area contributed by atoms with Gasteiger partial charge in [-0.15, -0.1) is 0 Å². The molecule has 0 amide bonds. The molecule has 0 aliphatic heterocycles. The van der Waals surface area contributed by atoms with Gasteiger partial charge in [-0.3, -0.25) is 0 Å². The molecule has 0 spiro atoms. The Hall–Kier alpha value is 1.18. The van der Waals surface area contributed by atoms with Crippen molar-refractivity contribution < 1.29 is 61.0 Å². The minimum Gasteiger partial charge on any atom is -0.396 e. The summed E-state index contributed by atoms with van der Waals surface area (Å²) in [5, 5.41) is 0. The van der Waals surface area contributed by atoms with Crippen molar-refractivity contribution in [2.45, 2.75) is 101 Å². The molecule has 49 heavy (non-hydrogen) atoms. The van der Waals surface area contributed by atoms with Crippen molar-refractivity contribution in [2.24, 2.45) is 0 Å². The van der Waals surface area contributed by atoms with Crippen LogP contribution in [0.4, 0.5) is 0 Å². The van der Waals surface area contributed by atoms with E-state index >= 15 is 0 Å². The first-order valence-electron chi connectivity index (χ1n) is 16.8. The van der Waals surface area contributed by atoms with Crippen molar-refractivity contribution in [1.82, 2.24) is 0 Å². The van der Waals surface area contributed by atoms with Crippen LogP contribution in [0.5, 0.6) is 0 Å². The number of hydrogen-bond acceptors (Lipinski definition) is 14. The Bertz CT molecular complexity index is 789. The number of hydrogen-bond donors (Lipinski definition) is 0. The van der Waals surface area contributed by atoms with E-state index < -0.39 is 68.7 Å². The quantitative estimate of drug-likeness (QED) is 0.0621. The summed E-state index contributed by atoms with van der Waals surface area (Å²) in [6.45, 7) is 18.1. The molecule has 0 saturated heterocycles. The smallest absolute Gasteiger partial charge is 0.396 e.